The molecule has 0 atom stereocenters. The molecular weight excluding hydrogens is 336 g/mol. The van der Waals surface area contributed by atoms with Crippen LogP contribution in [0, 0.1) is 41.4 Å². The van der Waals surface area contributed by atoms with Crippen molar-refractivity contribution in [1.29, 1.82) is 5.26 Å². The van der Waals surface area contributed by atoms with Crippen molar-refractivity contribution >= 4 is 28.2 Å². The van der Waals surface area contributed by atoms with Crippen molar-refractivity contribution in [3.8, 4) is 6.07 Å². The minimum absolute atomic E-state index is 0.0424. The number of rotatable bonds is 3. The predicted octanol–water partition coefficient (Wildman–Crippen LogP) is 3.87. The van der Waals surface area contributed by atoms with Gasteiger partial charge in [0.05, 0.1) is 18.1 Å². The number of nitrogens with one attached hydrogen (secondary N) is 1. The summed E-state index contributed by atoms with van der Waals surface area (Å²) in [5.74, 6) is 1.63. The van der Waals surface area contributed by atoms with Crippen LogP contribution in [0.2, 0.25) is 0 Å². The maximum Gasteiger partial charge on any atom is 0.348 e. The number of anilines is 1. The van der Waals surface area contributed by atoms with Crippen molar-refractivity contribution in [3.63, 3.8) is 0 Å². The molecule has 5 rings (SSSR count). The van der Waals surface area contributed by atoms with Gasteiger partial charge >= 0.3 is 5.97 Å². The number of amides is 1. The highest BCUT2D eigenvalue weighted by atomic mass is 32.1. The lowest BCUT2D eigenvalue weighted by atomic mass is 9.49. The first kappa shape index (κ1) is 16.6. The molecule has 4 saturated carbocycles. The number of carbonyl (C=O) groups excluding carboxylic acids is 2. The lowest BCUT2D eigenvalue weighted by Gasteiger charge is -2.55. The fourth-order valence-corrected chi connectivity index (χ4v) is 6.72. The average Bonchev–Trinajstić information content (AvgIpc) is 2.88. The molecule has 0 saturated heterocycles. The number of carbonyl (C=O) groups is 2. The Morgan fingerprint density at radius 2 is 1.76 bits per heavy atom. The zero-order chi connectivity index (χ0) is 17.8. The van der Waals surface area contributed by atoms with Crippen LogP contribution < -0.4 is 5.32 Å². The van der Waals surface area contributed by atoms with Crippen molar-refractivity contribution in [2.75, 3.05) is 12.4 Å². The van der Waals surface area contributed by atoms with Crippen LogP contribution >= 0.6 is 11.3 Å². The Kier molecular flexibility index (Phi) is 3.88. The van der Waals surface area contributed by atoms with Gasteiger partial charge in [-0.3, -0.25) is 4.79 Å². The number of methoxy groups -OCH3 is 1. The summed E-state index contributed by atoms with van der Waals surface area (Å²) in [6.07, 6.45) is 6.75. The van der Waals surface area contributed by atoms with Crippen molar-refractivity contribution in [2.24, 2.45) is 23.2 Å². The van der Waals surface area contributed by atoms with Gasteiger partial charge in [-0.15, -0.1) is 11.3 Å². The molecular formula is C19H22N2O3S. The van der Waals surface area contributed by atoms with E-state index in [2.05, 4.69) is 11.4 Å². The van der Waals surface area contributed by atoms with Crippen LogP contribution in [0.15, 0.2) is 0 Å². The van der Waals surface area contributed by atoms with Gasteiger partial charge in [-0.05, 0) is 68.8 Å². The monoisotopic (exact) mass is 358 g/mol. The number of thiophene rings is 1. The normalized spacial score (nSPS) is 32.3. The number of nitrogens with zero attached hydrogens (tertiary/aromatic N) is 1. The van der Waals surface area contributed by atoms with Crippen LogP contribution in [0.5, 0.6) is 0 Å². The standard InChI is InChI=1S/C19H22N2O3S/c1-10-14(9-20)16(25-15(10)17(22)24-2)21-18(23)19-6-11-3-12(7-19)5-13(4-11)8-19/h11-13H,3-8H2,1-2H3,(H,21,23). The molecule has 0 aromatic carbocycles. The summed E-state index contributed by atoms with van der Waals surface area (Å²) < 4.78 is 4.78. The van der Waals surface area contributed by atoms with Crippen molar-refractivity contribution in [3.05, 3.63) is 16.0 Å². The largest absolute Gasteiger partial charge is 0.465 e. The van der Waals surface area contributed by atoms with Gasteiger partial charge in [0, 0.05) is 0 Å². The molecule has 0 aliphatic heterocycles. The molecule has 1 aromatic heterocycles. The molecule has 1 aromatic rings. The number of hydrogen-bond acceptors (Lipinski definition) is 5. The van der Waals surface area contributed by atoms with Gasteiger partial charge in [0.1, 0.15) is 15.9 Å². The van der Waals surface area contributed by atoms with E-state index in [-0.39, 0.29) is 11.3 Å². The molecule has 5 nitrogen and oxygen atoms in total. The highest BCUT2D eigenvalue weighted by Gasteiger charge is 2.54. The highest BCUT2D eigenvalue weighted by Crippen LogP contribution is 2.60. The first-order valence-corrected chi connectivity index (χ1v) is 9.70. The molecule has 1 N–H and O–H groups in total. The molecule has 25 heavy (non-hydrogen) atoms. The van der Waals surface area contributed by atoms with E-state index < -0.39 is 5.97 Å². The quantitative estimate of drug-likeness (QED) is 0.832. The third kappa shape index (κ3) is 2.56. The van der Waals surface area contributed by atoms with E-state index in [9.17, 15) is 14.9 Å². The second kappa shape index (κ2) is 5.84. The minimum Gasteiger partial charge on any atom is -0.465 e. The first-order valence-electron chi connectivity index (χ1n) is 8.89. The van der Waals surface area contributed by atoms with Gasteiger partial charge in [0.25, 0.3) is 0 Å². The van der Waals surface area contributed by atoms with Crippen LogP contribution in [0.4, 0.5) is 5.00 Å². The van der Waals surface area contributed by atoms with Crippen LogP contribution in [0.1, 0.15) is 59.3 Å². The number of hydrogen-bond donors (Lipinski definition) is 1. The van der Waals surface area contributed by atoms with Crippen molar-refractivity contribution < 1.29 is 14.3 Å². The van der Waals surface area contributed by atoms with Crippen LogP contribution in [0.25, 0.3) is 0 Å². The summed E-state index contributed by atoms with van der Waals surface area (Å²) in [7, 11) is 1.32. The summed E-state index contributed by atoms with van der Waals surface area (Å²) in [6, 6.07) is 2.13. The molecule has 4 fully saturated rings. The van der Waals surface area contributed by atoms with E-state index in [0.29, 0.717) is 38.8 Å². The number of nitriles is 1. The SMILES string of the molecule is COC(=O)c1sc(NC(=O)C23CC4CC(CC(C4)C2)C3)c(C#N)c1C. The van der Waals surface area contributed by atoms with E-state index in [1.54, 1.807) is 6.92 Å². The Labute approximate surface area is 151 Å². The van der Waals surface area contributed by atoms with Gasteiger partial charge in [0.2, 0.25) is 5.91 Å². The Morgan fingerprint density at radius 3 is 2.24 bits per heavy atom. The molecule has 132 valence electrons. The summed E-state index contributed by atoms with van der Waals surface area (Å²) in [5.41, 5.74) is 0.689. The van der Waals surface area contributed by atoms with E-state index in [1.165, 1.54) is 26.4 Å². The third-order valence-corrected chi connectivity index (χ3v) is 7.56. The molecule has 4 aliphatic rings. The minimum atomic E-state index is -0.464. The average molecular weight is 358 g/mol. The van der Waals surface area contributed by atoms with Crippen molar-refractivity contribution in [2.45, 2.75) is 45.4 Å². The second-order valence-electron chi connectivity index (χ2n) is 8.02. The molecule has 4 bridgehead atoms. The van der Waals surface area contributed by atoms with E-state index in [1.807, 2.05) is 0 Å². The molecule has 0 radical (unpaired) electrons. The van der Waals surface area contributed by atoms with E-state index >= 15 is 0 Å². The van der Waals surface area contributed by atoms with Crippen LogP contribution in [-0.4, -0.2) is 19.0 Å². The topological polar surface area (TPSA) is 79.2 Å². The van der Waals surface area contributed by atoms with Gasteiger partial charge in [0.15, 0.2) is 0 Å². The zero-order valence-electron chi connectivity index (χ0n) is 14.6. The maximum absolute atomic E-state index is 13.2. The Bertz CT molecular complexity index is 754. The lowest BCUT2D eigenvalue weighted by Crippen LogP contribution is -2.51. The summed E-state index contributed by atoms with van der Waals surface area (Å²) in [4.78, 5) is 25.4. The van der Waals surface area contributed by atoms with Gasteiger partial charge in [-0.2, -0.15) is 5.26 Å². The first-order chi connectivity index (χ1) is 12.0. The summed E-state index contributed by atoms with van der Waals surface area (Å²) in [6.45, 7) is 1.72. The lowest BCUT2D eigenvalue weighted by molar-refractivity contribution is -0.140. The molecule has 0 spiro atoms. The van der Waals surface area contributed by atoms with E-state index in [4.69, 9.17) is 4.74 Å². The van der Waals surface area contributed by atoms with Gasteiger partial charge in [-0.1, -0.05) is 0 Å². The molecule has 0 unspecified atom stereocenters. The second-order valence-corrected chi connectivity index (χ2v) is 9.04. The molecule has 4 aliphatic carbocycles. The Hall–Kier alpha value is -1.87. The molecule has 6 heteroatoms. The smallest absolute Gasteiger partial charge is 0.348 e. The van der Waals surface area contributed by atoms with Gasteiger partial charge in [-0.25, -0.2) is 4.79 Å². The van der Waals surface area contributed by atoms with E-state index in [0.717, 1.165) is 30.6 Å². The molecule has 1 heterocycles. The van der Waals surface area contributed by atoms with Crippen LogP contribution in [0.3, 0.4) is 0 Å². The fourth-order valence-electron chi connectivity index (χ4n) is 5.65. The van der Waals surface area contributed by atoms with Crippen LogP contribution in [-0.2, 0) is 9.53 Å². The highest BCUT2D eigenvalue weighted by molar-refractivity contribution is 7.18. The Morgan fingerprint density at radius 1 is 1.20 bits per heavy atom. The summed E-state index contributed by atoms with van der Waals surface area (Å²) in [5, 5.41) is 13.0. The fraction of sp³-hybridized carbons (Fsp3) is 0.632. The Balaban J connectivity index is 1.61. The summed E-state index contributed by atoms with van der Waals surface area (Å²) >= 11 is 1.15. The molecule has 1 amide bonds. The third-order valence-electron chi connectivity index (χ3n) is 6.38. The van der Waals surface area contributed by atoms with Gasteiger partial charge < -0.3 is 10.1 Å². The number of ether oxygens (including phenoxy) is 1. The predicted molar refractivity (Wildman–Crippen MR) is 94.3 cm³/mol. The zero-order valence-corrected chi connectivity index (χ0v) is 15.4. The number of esters is 1. The maximum atomic E-state index is 13.2. The van der Waals surface area contributed by atoms with Crippen molar-refractivity contribution in [1.82, 2.24) is 0 Å².